The average molecular weight is 510 g/mol. The molecule has 3 aromatic carbocycles. The zero-order chi connectivity index (χ0) is 23.8. The van der Waals surface area contributed by atoms with Gasteiger partial charge in [0, 0.05) is 15.7 Å². The van der Waals surface area contributed by atoms with Crippen LogP contribution in [0.15, 0.2) is 82.4 Å². The summed E-state index contributed by atoms with van der Waals surface area (Å²) in [6.45, 7) is 1.65. The summed E-state index contributed by atoms with van der Waals surface area (Å²) >= 11 is 3.30. The minimum Gasteiger partial charge on any atom is -0.493 e. The summed E-state index contributed by atoms with van der Waals surface area (Å²) in [4.78, 5) is 36.4. The number of rotatable bonds is 6. The number of benzene rings is 3. The smallest absolute Gasteiger partial charge is 0.343 e. The van der Waals surface area contributed by atoms with Gasteiger partial charge in [-0.1, -0.05) is 34.1 Å². The lowest BCUT2D eigenvalue weighted by Gasteiger charge is -2.11. The molecular formula is C24H20BrN3O5. The van der Waals surface area contributed by atoms with Gasteiger partial charge in [0.15, 0.2) is 11.5 Å². The van der Waals surface area contributed by atoms with Crippen molar-refractivity contribution in [2.24, 2.45) is 5.10 Å². The highest BCUT2D eigenvalue weighted by molar-refractivity contribution is 9.10. The highest BCUT2D eigenvalue weighted by Crippen LogP contribution is 2.29. The number of ether oxygens (including phenoxy) is 2. The molecule has 0 saturated carbocycles. The van der Waals surface area contributed by atoms with Crippen LogP contribution in [-0.4, -0.2) is 30.6 Å². The van der Waals surface area contributed by atoms with Crippen molar-refractivity contribution < 1.29 is 23.9 Å². The summed E-state index contributed by atoms with van der Waals surface area (Å²) in [5, 5.41) is 6.45. The van der Waals surface area contributed by atoms with Crippen molar-refractivity contribution in [2.75, 3.05) is 12.4 Å². The van der Waals surface area contributed by atoms with Crippen molar-refractivity contribution in [2.45, 2.75) is 6.92 Å². The van der Waals surface area contributed by atoms with Crippen LogP contribution in [0.3, 0.4) is 0 Å². The van der Waals surface area contributed by atoms with E-state index in [4.69, 9.17) is 9.47 Å². The van der Waals surface area contributed by atoms with Gasteiger partial charge in [-0.05, 0) is 61.5 Å². The van der Waals surface area contributed by atoms with E-state index in [2.05, 4.69) is 31.8 Å². The number of carbonyl (C=O) groups is 3. The third kappa shape index (κ3) is 6.50. The van der Waals surface area contributed by atoms with Gasteiger partial charge in [-0.25, -0.2) is 10.2 Å². The minimum atomic E-state index is -0.919. The Bertz CT molecular complexity index is 1190. The molecule has 0 radical (unpaired) electrons. The predicted octanol–water partition coefficient (Wildman–Crippen LogP) is 4.16. The molecule has 9 heteroatoms. The van der Waals surface area contributed by atoms with Crippen LogP contribution in [0, 0.1) is 0 Å². The maximum absolute atomic E-state index is 12.3. The molecule has 8 nitrogen and oxygen atoms in total. The van der Waals surface area contributed by atoms with Crippen molar-refractivity contribution in [3.8, 4) is 11.5 Å². The summed E-state index contributed by atoms with van der Waals surface area (Å²) in [5.74, 6) is -1.74. The van der Waals surface area contributed by atoms with E-state index >= 15 is 0 Å². The third-order valence-corrected chi connectivity index (χ3v) is 4.96. The molecule has 0 bridgehead atoms. The number of methoxy groups -OCH3 is 1. The van der Waals surface area contributed by atoms with E-state index < -0.39 is 17.8 Å². The molecule has 0 aliphatic heterocycles. The Morgan fingerprint density at radius 1 is 0.848 bits per heavy atom. The molecule has 0 atom stereocenters. The largest absolute Gasteiger partial charge is 0.493 e. The highest BCUT2D eigenvalue weighted by atomic mass is 79.9. The van der Waals surface area contributed by atoms with E-state index in [1.165, 1.54) is 7.11 Å². The molecule has 0 unspecified atom stereocenters. The van der Waals surface area contributed by atoms with Crippen molar-refractivity contribution >= 4 is 45.1 Å². The van der Waals surface area contributed by atoms with Crippen LogP contribution in [0.2, 0.25) is 0 Å². The van der Waals surface area contributed by atoms with Crippen LogP contribution >= 0.6 is 15.9 Å². The van der Waals surface area contributed by atoms with Crippen LogP contribution in [0.5, 0.6) is 11.5 Å². The lowest BCUT2D eigenvalue weighted by Crippen LogP contribution is -2.32. The van der Waals surface area contributed by atoms with Crippen LogP contribution in [0.1, 0.15) is 22.8 Å². The molecule has 0 aromatic heterocycles. The van der Waals surface area contributed by atoms with Gasteiger partial charge in [0.1, 0.15) is 0 Å². The molecule has 0 aliphatic carbocycles. The van der Waals surface area contributed by atoms with Gasteiger partial charge in [-0.2, -0.15) is 5.10 Å². The fourth-order valence-electron chi connectivity index (χ4n) is 2.68. The SMILES string of the molecule is COc1cc(C(C)=NNC(=O)C(=O)Nc2ccc(Br)cc2)ccc1OC(=O)c1ccccc1. The second-order valence-electron chi connectivity index (χ2n) is 6.72. The van der Waals surface area contributed by atoms with Crippen LogP contribution in [0.25, 0.3) is 0 Å². The van der Waals surface area contributed by atoms with Crippen LogP contribution < -0.4 is 20.2 Å². The van der Waals surface area contributed by atoms with E-state index in [1.54, 1.807) is 79.7 Å². The number of nitrogens with one attached hydrogen (secondary N) is 2. The Balaban J connectivity index is 1.65. The van der Waals surface area contributed by atoms with E-state index in [0.717, 1.165) is 4.47 Å². The maximum Gasteiger partial charge on any atom is 0.343 e. The molecule has 3 aromatic rings. The second kappa shape index (κ2) is 11.1. The third-order valence-electron chi connectivity index (χ3n) is 4.43. The lowest BCUT2D eigenvalue weighted by molar-refractivity contribution is -0.136. The summed E-state index contributed by atoms with van der Waals surface area (Å²) in [6.07, 6.45) is 0. The number of hydrazone groups is 1. The number of halogens is 1. The van der Waals surface area contributed by atoms with E-state index in [-0.39, 0.29) is 5.75 Å². The molecule has 168 valence electrons. The summed E-state index contributed by atoms with van der Waals surface area (Å²) in [5.41, 5.74) is 4.12. The molecule has 0 aliphatic rings. The Labute approximate surface area is 198 Å². The number of amides is 2. The van der Waals surface area contributed by atoms with Gasteiger partial charge in [0.05, 0.1) is 18.4 Å². The number of anilines is 1. The monoisotopic (exact) mass is 509 g/mol. The Morgan fingerprint density at radius 3 is 2.21 bits per heavy atom. The van der Waals surface area contributed by atoms with Gasteiger partial charge < -0.3 is 14.8 Å². The first kappa shape index (κ1) is 23.7. The van der Waals surface area contributed by atoms with Crippen LogP contribution in [-0.2, 0) is 9.59 Å². The minimum absolute atomic E-state index is 0.237. The molecule has 0 saturated heterocycles. The fraction of sp³-hybridized carbons (Fsp3) is 0.0833. The number of nitrogens with zero attached hydrogens (tertiary/aromatic N) is 1. The van der Waals surface area contributed by atoms with E-state index in [9.17, 15) is 14.4 Å². The lowest BCUT2D eigenvalue weighted by atomic mass is 10.1. The molecule has 0 heterocycles. The highest BCUT2D eigenvalue weighted by Gasteiger charge is 2.15. The topological polar surface area (TPSA) is 106 Å². The van der Waals surface area contributed by atoms with Gasteiger partial charge in [-0.3, -0.25) is 9.59 Å². The Hall–Kier alpha value is -3.98. The standard InChI is InChI=1S/C24H20BrN3O5/c1-15(27-28-23(30)22(29)26-19-11-9-18(25)10-12-19)17-8-13-20(21(14-17)32-2)33-24(31)16-6-4-3-5-7-16/h3-14H,1-2H3,(H,26,29)(H,28,30). The van der Waals surface area contributed by atoms with Gasteiger partial charge in [-0.15, -0.1) is 0 Å². The van der Waals surface area contributed by atoms with Crippen LogP contribution in [0.4, 0.5) is 5.69 Å². The quantitative estimate of drug-likeness (QED) is 0.170. The van der Waals surface area contributed by atoms with E-state index in [1.807, 2.05) is 0 Å². The molecule has 0 spiro atoms. The molecule has 0 fully saturated rings. The van der Waals surface area contributed by atoms with E-state index in [0.29, 0.717) is 28.3 Å². The normalized spacial score (nSPS) is 10.8. The number of hydrogen-bond acceptors (Lipinski definition) is 6. The summed E-state index contributed by atoms with van der Waals surface area (Å²) in [7, 11) is 1.44. The first-order chi connectivity index (χ1) is 15.9. The number of hydrogen-bond donors (Lipinski definition) is 2. The zero-order valence-electron chi connectivity index (χ0n) is 17.8. The van der Waals surface area contributed by atoms with Crippen molar-refractivity contribution in [3.05, 3.63) is 88.4 Å². The molecule has 2 amide bonds. The van der Waals surface area contributed by atoms with Crippen molar-refractivity contribution in [1.29, 1.82) is 0 Å². The first-order valence-corrected chi connectivity index (χ1v) is 10.5. The van der Waals surface area contributed by atoms with Crippen molar-refractivity contribution in [1.82, 2.24) is 5.43 Å². The van der Waals surface area contributed by atoms with Gasteiger partial charge in [0.2, 0.25) is 0 Å². The molecule has 3 rings (SSSR count). The first-order valence-electron chi connectivity index (χ1n) is 9.74. The average Bonchev–Trinajstić information content (AvgIpc) is 2.84. The number of esters is 1. The van der Waals surface area contributed by atoms with Gasteiger partial charge in [0.25, 0.3) is 0 Å². The maximum atomic E-state index is 12.3. The molecular weight excluding hydrogens is 490 g/mol. The van der Waals surface area contributed by atoms with Crippen molar-refractivity contribution in [3.63, 3.8) is 0 Å². The molecule has 33 heavy (non-hydrogen) atoms. The molecule has 2 N–H and O–H groups in total. The fourth-order valence-corrected chi connectivity index (χ4v) is 2.95. The number of carbonyl (C=O) groups excluding carboxylic acids is 3. The predicted molar refractivity (Wildman–Crippen MR) is 128 cm³/mol. The second-order valence-corrected chi connectivity index (χ2v) is 7.64. The summed E-state index contributed by atoms with van der Waals surface area (Å²) < 4.78 is 11.6. The van der Waals surface area contributed by atoms with Gasteiger partial charge >= 0.3 is 17.8 Å². The zero-order valence-corrected chi connectivity index (χ0v) is 19.4. The summed E-state index contributed by atoms with van der Waals surface area (Å²) in [6, 6.07) is 20.2. The Kier molecular flexibility index (Phi) is 7.93. The Morgan fingerprint density at radius 2 is 1.55 bits per heavy atom.